The maximum absolute atomic E-state index is 13.3. The van der Waals surface area contributed by atoms with E-state index in [1.807, 2.05) is 0 Å². The second-order valence-corrected chi connectivity index (χ2v) is 3.46. The number of carboxylic acids is 1. The van der Waals surface area contributed by atoms with Crippen LogP contribution in [0.2, 0.25) is 0 Å². The molecule has 0 aliphatic rings. The van der Waals surface area contributed by atoms with Gasteiger partial charge in [-0.25, -0.2) is 14.0 Å². The topological polar surface area (TPSA) is 104 Å². The molecule has 0 aromatic heterocycles. The minimum atomic E-state index is -1.87. The van der Waals surface area contributed by atoms with Crippen molar-refractivity contribution in [3.63, 3.8) is 0 Å². The van der Waals surface area contributed by atoms with Crippen molar-refractivity contribution in [2.75, 3.05) is 7.11 Å². The normalized spacial score (nSPS) is 13.8. The Hall–Kier alpha value is -1.99. The maximum atomic E-state index is 13.3. The van der Waals surface area contributed by atoms with E-state index in [0.29, 0.717) is 0 Å². The highest BCUT2D eigenvalue weighted by Gasteiger charge is 2.27. The van der Waals surface area contributed by atoms with Crippen molar-refractivity contribution in [1.29, 1.82) is 0 Å². The molecule has 18 heavy (non-hydrogen) atoms. The Balaban J connectivity index is 3.01. The molecule has 3 N–H and O–H groups in total. The van der Waals surface area contributed by atoms with Crippen molar-refractivity contribution in [1.82, 2.24) is 0 Å². The monoisotopic (exact) mass is 258 g/mol. The second-order valence-electron chi connectivity index (χ2n) is 3.46. The molecule has 2 atom stereocenters. The van der Waals surface area contributed by atoms with Crippen LogP contribution in [0.1, 0.15) is 22.0 Å². The number of ether oxygens (including phenoxy) is 1. The summed E-state index contributed by atoms with van der Waals surface area (Å²) in [6.45, 7) is 0. The van der Waals surface area contributed by atoms with E-state index >= 15 is 0 Å². The fourth-order valence-corrected chi connectivity index (χ4v) is 1.32. The zero-order chi connectivity index (χ0) is 13.9. The van der Waals surface area contributed by atoms with Crippen LogP contribution in [0, 0.1) is 5.82 Å². The number of hydrogen-bond acceptors (Lipinski definition) is 5. The van der Waals surface area contributed by atoms with Crippen molar-refractivity contribution in [2.45, 2.75) is 12.2 Å². The van der Waals surface area contributed by atoms with Crippen LogP contribution in [0.15, 0.2) is 18.2 Å². The lowest BCUT2D eigenvalue weighted by atomic mass is 10.0. The van der Waals surface area contributed by atoms with Gasteiger partial charge in [-0.1, -0.05) is 6.07 Å². The third-order valence-electron chi connectivity index (χ3n) is 2.31. The molecule has 0 amide bonds. The summed E-state index contributed by atoms with van der Waals surface area (Å²) in [5, 5.41) is 27.5. The molecular weight excluding hydrogens is 247 g/mol. The van der Waals surface area contributed by atoms with Gasteiger partial charge in [-0.15, -0.1) is 0 Å². The van der Waals surface area contributed by atoms with E-state index < -0.39 is 35.5 Å². The standard InChI is InChI=1S/C11H11FO6/c1-18-11(17)9(14)8(13)5-2-3-6(10(15)16)7(12)4-5/h2-4,8-9,13-14H,1H3,(H,15,16). The van der Waals surface area contributed by atoms with Crippen LogP contribution in [0.5, 0.6) is 0 Å². The third kappa shape index (κ3) is 2.82. The lowest BCUT2D eigenvalue weighted by molar-refractivity contribution is -0.156. The average molecular weight is 258 g/mol. The molecule has 2 unspecified atom stereocenters. The van der Waals surface area contributed by atoms with Gasteiger partial charge in [0.2, 0.25) is 0 Å². The van der Waals surface area contributed by atoms with Gasteiger partial charge in [0.25, 0.3) is 0 Å². The number of halogens is 1. The number of aromatic carboxylic acids is 1. The first kappa shape index (κ1) is 14.1. The summed E-state index contributed by atoms with van der Waals surface area (Å²) in [6.07, 6.45) is -3.57. The number of benzene rings is 1. The number of carbonyl (C=O) groups is 2. The molecule has 6 nitrogen and oxygen atoms in total. The van der Waals surface area contributed by atoms with Gasteiger partial charge < -0.3 is 20.1 Å². The fourth-order valence-electron chi connectivity index (χ4n) is 1.32. The highest BCUT2D eigenvalue weighted by atomic mass is 19.1. The number of aliphatic hydroxyl groups excluding tert-OH is 2. The largest absolute Gasteiger partial charge is 0.478 e. The van der Waals surface area contributed by atoms with Gasteiger partial charge in [-0.3, -0.25) is 0 Å². The maximum Gasteiger partial charge on any atom is 0.338 e. The summed E-state index contributed by atoms with van der Waals surface area (Å²) in [4.78, 5) is 21.5. The Kier molecular flexibility index (Phi) is 4.35. The Morgan fingerprint density at radius 2 is 1.94 bits per heavy atom. The quantitative estimate of drug-likeness (QED) is 0.661. The number of carbonyl (C=O) groups excluding carboxylic acids is 1. The highest BCUT2D eigenvalue weighted by Crippen LogP contribution is 2.20. The van der Waals surface area contributed by atoms with Crippen molar-refractivity contribution >= 4 is 11.9 Å². The van der Waals surface area contributed by atoms with Gasteiger partial charge in [0.1, 0.15) is 11.9 Å². The predicted molar refractivity (Wildman–Crippen MR) is 56.3 cm³/mol. The Bertz CT molecular complexity index is 473. The molecule has 1 aromatic carbocycles. The van der Waals surface area contributed by atoms with Gasteiger partial charge in [0.05, 0.1) is 12.7 Å². The van der Waals surface area contributed by atoms with Gasteiger partial charge in [-0.05, 0) is 17.7 Å². The van der Waals surface area contributed by atoms with E-state index in [9.17, 15) is 24.2 Å². The Labute approximate surface area is 101 Å². The van der Waals surface area contributed by atoms with Crippen molar-refractivity contribution in [2.24, 2.45) is 0 Å². The zero-order valence-electron chi connectivity index (χ0n) is 9.33. The van der Waals surface area contributed by atoms with Crippen molar-refractivity contribution < 1.29 is 34.0 Å². The first-order valence-corrected chi connectivity index (χ1v) is 4.85. The lowest BCUT2D eigenvalue weighted by Crippen LogP contribution is -2.29. The fraction of sp³-hybridized carbons (Fsp3) is 0.273. The molecule has 0 aliphatic carbocycles. The molecule has 0 saturated carbocycles. The van der Waals surface area contributed by atoms with E-state index in [1.165, 1.54) is 0 Å². The summed E-state index contributed by atoms with van der Waals surface area (Å²) in [5.74, 6) is -3.61. The molecule has 0 spiro atoms. The molecule has 0 aliphatic heterocycles. The average Bonchev–Trinajstić information content (AvgIpc) is 2.35. The molecule has 0 fully saturated rings. The molecular formula is C11H11FO6. The Morgan fingerprint density at radius 1 is 1.33 bits per heavy atom. The van der Waals surface area contributed by atoms with Crippen LogP contribution < -0.4 is 0 Å². The molecule has 0 saturated heterocycles. The Morgan fingerprint density at radius 3 is 2.39 bits per heavy atom. The van der Waals surface area contributed by atoms with Gasteiger partial charge in [-0.2, -0.15) is 0 Å². The van der Waals surface area contributed by atoms with Crippen LogP contribution in [0.3, 0.4) is 0 Å². The van der Waals surface area contributed by atoms with Gasteiger partial charge >= 0.3 is 11.9 Å². The molecule has 98 valence electrons. The third-order valence-corrected chi connectivity index (χ3v) is 2.31. The lowest BCUT2D eigenvalue weighted by Gasteiger charge is -2.16. The molecule has 0 radical (unpaired) electrons. The van der Waals surface area contributed by atoms with Gasteiger partial charge in [0.15, 0.2) is 6.10 Å². The van der Waals surface area contributed by atoms with Crippen LogP contribution in [0.4, 0.5) is 4.39 Å². The van der Waals surface area contributed by atoms with Crippen LogP contribution in [0.25, 0.3) is 0 Å². The summed E-state index contributed by atoms with van der Waals surface area (Å²) in [7, 11) is 1.02. The van der Waals surface area contributed by atoms with Crippen molar-refractivity contribution in [3.05, 3.63) is 35.1 Å². The minimum Gasteiger partial charge on any atom is -0.478 e. The van der Waals surface area contributed by atoms with E-state index in [-0.39, 0.29) is 5.56 Å². The zero-order valence-corrected chi connectivity index (χ0v) is 9.33. The van der Waals surface area contributed by atoms with Crippen LogP contribution in [-0.2, 0) is 9.53 Å². The van der Waals surface area contributed by atoms with Crippen LogP contribution in [-0.4, -0.2) is 40.5 Å². The molecule has 1 aromatic rings. The smallest absolute Gasteiger partial charge is 0.338 e. The summed E-state index contributed by atoms with van der Waals surface area (Å²) >= 11 is 0. The number of methoxy groups -OCH3 is 1. The second kappa shape index (κ2) is 5.56. The minimum absolute atomic E-state index is 0.129. The first-order valence-electron chi connectivity index (χ1n) is 4.85. The molecule has 0 heterocycles. The van der Waals surface area contributed by atoms with E-state index in [0.717, 1.165) is 25.3 Å². The van der Waals surface area contributed by atoms with E-state index in [2.05, 4.69) is 4.74 Å². The van der Waals surface area contributed by atoms with Gasteiger partial charge in [0, 0.05) is 0 Å². The summed E-state index contributed by atoms with van der Waals surface area (Å²) in [5.41, 5.74) is -0.700. The number of esters is 1. The molecule has 1 rings (SSSR count). The summed E-state index contributed by atoms with van der Waals surface area (Å²) < 4.78 is 17.5. The number of carboxylic acid groups (broad SMARTS) is 1. The van der Waals surface area contributed by atoms with Crippen molar-refractivity contribution in [3.8, 4) is 0 Å². The molecule has 0 bridgehead atoms. The molecule has 7 heteroatoms. The highest BCUT2D eigenvalue weighted by molar-refractivity contribution is 5.88. The SMILES string of the molecule is COC(=O)C(O)C(O)c1ccc(C(=O)O)c(F)c1. The predicted octanol–water partition coefficient (Wildman–Crippen LogP) is 0.0912. The summed E-state index contributed by atoms with van der Waals surface area (Å²) in [6, 6.07) is 2.77. The van der Waals surface area contributed by atoms with E-state index in [1.54, 1.807) is 0 Å². The first-order chi connectivity index (χ1) is 8.38. The number of aliphatic hydroxyl groups is 2. The number of hydrogen-bond donors (Lipinski definition) is 3. The van der Waals surface area contributed by atoms with Crippen LogP contribution >= 0.6 is 0 Å². The van der Waals surface area contributed by atoms with E-state index in [4.69, 9.17) is 5.11 Å². The number of rotatable bonds is 4.